The maximum Gasteiger partial charge on any atom is 0.335 e. The van der Waals surface area contributed by atoms with Gasteiger partial charge in [0.25, 0.3) is 0 Å². The van der Waals surface area contributed by atoms with Crippen molar-refractivity contribution in [1.82, 2.24) is 0 Å². The zero-order valence-corrected chi connectivity index (χ0v) is 11.0. The average molecular weight is 272 g/mol. The fourth-order valence-electron chi connectivity index (χ4n) is 2.24. The molecule has 100 valence electrons. The summed E-state index contributed by atoms with van der Waals surface area (Å²) in [7, 11) is 0. The molecule has 4 nitrogen and oxygen atoms in total. The molecule has 0 heterocycles. The number of benzene rings is 1. The van der Waals surface area contributed by atoms with Crippen LogP contribution >= 0.6 is 12.4 Å². The van der Waals surface area contributed by atoms with Crippen molar-refractivity contribution in [2.45, 2.75) is 32.2 Å². The Labute approximate surface area is 112 Å². The summed E-state index contributed by atoms with van der Waals surface area (Å²) in [5.41, 5.74) is 7.40. The third-order valence-electron chi connectivity index (χ3n) is 3.59. The van der Waals surface area contributed by atoms with E-state index in [1.807, 2.05) is 0 Å². The maximum atomic E-state index is 11.0. The van der Waals surface area contributed by atoms with Crippen molar-refractivity contribution in [3.63, 3.8) is 0 Å². The Bertz CT molecular complexity index is 458. The van der Waals surface area contributed by atoms with E-state index >= 15 is 0 Å². The summed E-state index contributed by atoms with van der Waals surface area (Å²) in [6.07, 6.45) is 3.27. The summed E-state index contributed by atoms with van der Waals surface area (Å²) < 4.78 is 0. The van der Waals surface area contributed by atoms with Crippen LogP contribution in [0.25, 0.3) is 0 Å². The van der Waals surface area contributed by atoms with Crippen LogP contribution in [0.1, 0.15) is 46.8 Å². The molecule has 1 aliphatic carbocycles. The molecule has 1 aromatic rings. The number of nitrogens with two attached hydrogens (primary N) is 1. The van der Waals surface area contributed by atoms with Crippen LogP contribution < -0.4 is 5.73 Å². The Morgan fingerprint density at radius 1 is 1.44 bits per heavy atom. The first kappa shape index (κ1) is 14.8. The molecule has 1 atom stereocenters. The van der Waals surface area contributed by atoms with E-state index in [1.165, 1.54) is 12.1 Å². The molecule has 0 radical (unpaired) electrons. The zero-order chi connectivity index (χ0) is 12.6. The molecular weight excluding hydrogens is 254 g/mol. The van der Waals surface area contributed by atoms with Crippen LogP contribution in [0.3, 0.4) is 0 Å². The highest BCUT2D eigenvalue weighted by atomic mass is 35.5. The smallest absolute Gasteiger partial charge is 0.335 e. The van der Waals surface area contributed by atoms with Gasteiger partial charge in [-0.25, -0.2) is 4.79 Å². The quantitative estimate of drug-likeness (QED) is 0.789. The Balaban J connectivity index is 0.00000162. The fraction of sp³-hybridized carbons (Fsp3) is 0.462. The number of hydrogen-bond acceptors (Lipinski definition) is 3. The van der Waals surface area contributed by atoms with Crippen molar-refractivity contribution in [3.05, 3.63) is 28.8 Å². The van der Waals surface area contributed by atoms with Crippen molar-refractivity contribution < 1.29 is 15.0 Å². The minimum atomic E-state index is -0.991. The van der Waals surface area contributed by atoms with Crippen LogP contribution in [-0.2, 0) is 0 Å². The van der Waals surface area contributed by atoms with Gasteiger partial charge in [-0.3, -0.25) is 0 Å². The van der Waals surface area contributed by atoms with Gasteiger partial charge in [0.2, 0.25) is 0 Å². The second-order valence-corrected chi connectivity index (χ2v) is 4.75. The first-order valence-electron chi connectivity index (χ1n) is 5.83. The first-order chi connectivity index (χ1) is 8.00. The molecule has 5 heteroatoms. The average Bonchev–Trinajstić information content (AvgIpc) is 2.18. The van der Waals surface area contributed by atoms with E-state index in [9.17, 15) is 9.90 Å². The molecule has 2 rings (SSSR count). The number of carboxylic acid groups (broad SMARTS) is 1. The van der Waals surface area contributed by atoms with Crippen molar-refractivity contribution in [2.24, 2.45) is 11.7 Å². The molecule has 18 heavy (non-hydrogen) atoms. The molecule has 0 spiro atoms. The highest BCUT2D eigenvalue weighted by Gasteiger charge is 2.28. The summed E-state index contributed by atoms with van der Waals surface area (Å²) in [6, 6.07) is 2.70. The molecule has 1 saturated carbocycles. The van der Waals surface area contributed by atoms with Gasteiger partial charge in [0.15, 0.2) is 0 Å². The van der Waals surface area contributed by atoms with Crippen molar-refractivity contribution in [2.75, 3.05) is 0 Å². The molecule has 4 N–H and O–H groups in total. The third-order valence-corrected chi connectivity index (χ3v) is 3.59. The summed E-state index contributed by atoms with van der Waals surface area (Å²) >= 11 is 0. The highest BCUT2D eigenvalue weighted by molar-refractivity contribution is 5.88. The van der Waals surface area contributed by atoms with Gasteiger partial charge in [0, 0.05) is 11.6 Å². The lowest BCUT2D eigenvalue weighted by Crippen LogP contribution is -2.27. The molecule has 0 amide bonds. The number of rotatable bonds is 3. The molecule has 1 fully saturated rings. The number of aromatic carboxylic acids is 1. The molecule has 0 aliphatic heterocycles. The number of aryl methyl sites for hydroxylation is 1. The van der Waals surface area contributed by atoms with Crippen LogP contribution in [0.4, 0.5) is 0 Å². The molecule has 0 aromatic heterocycles. The maximum absolute atomic E-state index is 11.0. The predicted octanol–water partition coefficient (Wildman–Crippen LogP) is 2.62. The van der Waals surface area contributed by atoms with E-state index in [0.717, 1.165) is 19.3 Å². The van der Waals surface area contributed by atoms with E-state index < -0.39 is 5.97 Å². The van der Waals surface area contributed by atoms with Crippen LogP contribution in [0.2, 0.25) is 0 Å². The number of carbonyl (C=O) groups is 1. The minimum absolute atomic E-state index is 0. The normalized spacial score (nSPS) is 16.6. The summed E-state index contributed by atoms with van der Waals surface area (Å²) in [4.78, 5) is 11.0. The number of aromatic hydroxyl groups is 1. The topological polar surface area (TPSA) is 83.5 Å². The predicted molar refractivity (Wildman–Crippen MR) is 71.3 cm³/mol. The van der Waals surface area contributed by atoms with Gasteiger partial charge in [0.1, 0.15) is 5.75 Å². The minimum Gasteiger partial charge on any atom is -0.507 e. The zero-order valence-electron chi connectivity index (χ0n) is 10.2. The van der Waals surface area contributed by atoms with Gasteiger partial charge >= 0.3 is 5.97 Å². The Morgan fingerprint density at radius 2 is 2.06 bits per heavy atom. The Kier molecular flexibility index (Phi) is 4.59. The number of phenols is 1. The van der Waals surface area contributed by atoms with E-state index in [1.54, 1.807) is 6.92 Å². The lowest BCUT2D eigenvalue weighted by molar-refractivity contribution is 0.0696. The van der Waals surface area contributed by atoms with Gasteiger partial charge < -0.3 is 15.9 Å². The van der Waals surface area contributed by atoms with E-state index in [4.69, 9.17) is 10.8 Å². The van der Waals surface area contributed by atoms with Gasteiger partial charge in [-0.2, -0.15) is 0 Å². The van der Waals surface area contributed by atoms with Crippen LogP contribution in [0, 0.1) is 12.8 Å². The molecule has 0 saturated heterocycles. The number of phenolic OH excluding ortho intramolecular Hbond substituents is 1. The Hall–Kier alpha value is -1.26. The lowest BCUT2D eigenvalue weighted by Gasteiger charge is -2.32. The molecule has 1 aromatic carbocycles. The molecular formula is C13H18ClNO3. The van der Waals surface area contributed by atoms with Crippen LogP contribution in [-0.4, -0.2) is 16.2 Å². The van der Waals surface area contributed by atoms with Crippen LogP contribution in [0.5, 0.6) is 5.75 Å². The Morgan fingerprint density at radius 3 is 2.50 bits per heavy atom. The number of hydrogen-bond donors (Lipinski definition) is 3. The summed E-state index contributed by atoms with van der Waals surface area (Å²) in [6.45, 7) is 1.69. The summed E-state index contributed by atoms with van der Waals surface area (Å²) in [5.74, 6) is -0.492. The number of halogens is 1. The number of carboxylic acids is 1. The van der Waals surface area contributed by atoms with Gasteiger partial charge in [-0.15, -0.1) is 12.4 Å². The molecule has 1 aliphatic rings. The van der Waals surface area contributed by atoms with Crippen molar-refractivity contribution >= 4 is 18.4 Å². The second kappa shape index (κ2) is 5.59. The first-order valence-corrected chi connectivity index (χ1v) is 5.83. The summed E-state index contributed by atoms with van der Waals surface area (Å²) in [5, 5.41) is 19.0. The fourth-order valence-corrected chi connectivity index (χ4v) is 2.24. The SMILES string of the molecule is Cc1cc(C(=O)O)cc([C@@H](N)C2CCC2)c1O.Cl. The van der Waals surface area contributed by atoms with E-state index in [-0.39, 0.29) is 29.8 Å². The van der Waals surface area contributed by atoms with Crippen LogP contribution in [0.15, 0.2) is 12.1 Å². The van der Waals surface area contributed by atoms with Crippen molar-refractivity contribution in [1.29, 1.82) is 0 Å². The van der Waals surface area contributed by atoms with Crippen molar-refractivity contribution in [3.8, 4) is 5.75 Å². The van der Waals surface area contributed by atoms with Gasteiger partial charge in [-0.05, 0) is 43.4 Å². The molecule has 0 unspecified atom stereocenters. The standard InChI is InChI=1S/C13H17NO3.ClH/c1-7-5-9(13(16)17)6-10(12(7)15)11(14)8-3-2-4-8;/h5-6,8,11,15H,2-4,14H2,1H3,(H,16,17);1H/t11-;/m0./s1. The monoisotopic (exact) mass is 271 g/mol. The molecule has 0 bridgehead atoms. The highest BCUT2D eigenvalue weighted by Crippen LogP contribution is 2.40. The van der Waals surface area contributed by atoms with Gasteiger partial charge in [-0.1, -0.05) is 6.42 Å². The largest absolute Gasteiger partial charge is 0.507 e. The van der Waals surface area contributed by atoms with Gasteiger partial charge in [0.05, 0.1) is 5.56 Å². The van der Waals surface area contributed by atoms with E-state index in [0.29, 0.717) is 17.0 Å². The van der Waals surface area contributed by atoms with E-state index in [2.05, 4.69) is 0 Å². The second-order valence-electron chi connectivity index (χ2n) is 4.75. The lowest BCUT2D eigenvalue weighted by atomic mass is 9.77. The third kappa shape index (κ3) is 2.60.